The first-order valence-corrected chi connectivity index (χ1v) is 6.69. The van der Waals surface area contributed by atoms with Crippen LogP contribution < -0.4 is 10.1 Å². The Labute approximate surface area is 130 Å². The fourth-order valence-corrected chi connectivity index (χ4v) is 2.31. The van der Waals surface area contributed by atoms with Crippen molar-refractivity contribution in [2.75, 3.05) is 12.4 Å². The Morgan fingerprint density at radius 3 is 2.86 bits per heavy atom. The van der Waals surface area contributed by atoms with Crippen molar-refractivity contribution in [3.8, 4) is 11.5 Å². The number of nitrogens with zero attached hydrogens (tertiary/aromatic N) is 2. The number of benzene rings is 2. The van der Waals surface area contributed by atoms with Crippen LogP contribution in [0, 0.1) is 5.82 Å². The molecule has 5 nitrogen and oxygen atoms in total. The molecule has 0 bridgehead atoms. The molecule has 0 aliphatic carbocycles. The summed E-state index contributed by atoms with van der Waals surface area (Å²) in [5.74, 6) is -0.296. The van der Waals surface area contributed by atoms with Crippen molar-refractivity contribution in [3.63, 3.8) is 0 Å². The van der Waals surface area contributed by atoms with E-state index >= 15 is 0 Å². The molecule has 0 atom stereocenters. The number of nitrogens with one attached hydrogen (secondary N) is 1. The number of phenolic OH excluding ortho intramolecular Hbond substituents is 1. The Balaban J connectivity index is 2.18. The van der Waals surface area contributed by atoms with Gasteiger partial charge in [-0.15, -0.1) is 0 Å². The summed E-state index contributed by atoms with van der Waals surface area (Å²) in [5, 5.41) is 14.1. The van der Waals surface area contributed by atoms with Crippen LogP contribution in [0.2, 0.25) is 5.02 Å². The van der Waals surface area contributed by atoms with Crippen LogP contribution in [-0.2, 0) is 0 Å². The van der Waals surface area contributed by atoms with E-state index in [2.05, 4.69) is 15.3 Å². The molecule has 1 heterocycles. The Bertz CT molecular complexity index is 858. The minimum atomic E-state index is -0.446. The zero-order valence-electron chi connectivity index (χ0n) is 11.5. The Kier molecular flexibility index (Phi) is 3.68. The van der Waals surface area contributed by atoms with Gasteiger partial charge in [0.2, 0.25) is 0 Å². The summed E-state index contributed by atoms with van der Waals surface area (Å²) in [6, 6.07) is 5.53. The van der Waals surface area contributed by atoms with Crippen molar-refractivity contribution in [1.29, 1.82) is 0 Å². The molecule has 0 aliphatic rings. The lowest BCUT2D eigenvalue weighted by Gasteiger charge is -2.15. The lowest BCUT2D eigenvalue weighted by Crippen LogP contribution is -1.97. The van der Waals surface area contributed by atoms with Gasteiger partial charge < -0.3 is 15.2 Å². The van der Waals surface area contributed by atoms with Gasteiger partial charge in [-0.05, 0) is 18.2 Å². The first-order valence-electron chi connectivity index (χ1n) is 6.32. The lowest BCUT2D eigenvalue weighted by molar-refractivity contribution is 0.375. The van der Waals surface area contributed by atoms with Gasteiger partial charge >= 0.3 is 0 Å². The molecule has 0 saturated heterocycles. The molecule has 3 rings (SSSR count). The highest BCUT2D eigenvalue weighted by Crippen LogP contribution is 2.42. The molecule has 0 amide bonds. The Morgan fingerprint density at radius 1 is 1.32 bits per heavy atom. The number of phenols is 1. The largest absolute Gasteiger partial charge is 0.503 e. The quantitative estimate of drug-likeness (QED) is 0.717. The van der Waals surface area contributed by atoms with Gasteiger partial charge in [-0.2, -0.15) is 0 Å². The Morgan fingerprint density at radius 2 is 2.14 bits per heavy atom. The second kappa shape index (κ2) is 5.65. The van der Waals surface area contributed by atoms with Crippen molar-refractivity contribution in [1.82, 2.24) is 9.97 Å². The molecule has 1 aromatic heterocycles. The maximum atomic E-state index is 13.1. The molecule has 2 aromatic carbocycles. The maximum absolute atomic E-state index is 13.1. The van der Waals surface area contributed by atoms with Crippen LogP contribution in [0.15, 0.2) is 36.8 Å². The van der Waals surface area contributed by atoms with E-state index in [1.165, 1.54) is 31.6 Å². The molecular formula is C15H11ClFN3O2. The van der Waals surface area contributed by atoms with Gasteiger partial charge in [-0.1, -0.05) is 11.6 Å². The number of methoxy groups -OCH3 is 1. The number of aromatic hydroxyl groups is 1. The average molecular weight is 320 g/mol. The summed E-state index contributed by atoms with van der Waals surface area (Å²) < 4.78 is 18.3. The SMILES string of the molecule is COc1cc2ncncc2c(Nc2ccc(F)cc2Cl)c1O. The molecule has 3 aromatic rings. The third-order valence-electron chi connectivity index (χ3n) is 3.16. The van der Waals surface area contributed by atoms with Crippen LogP contribution >= 0.6 is 11.6 Å². The van der Waals surface area contributed by atoms with Crippen molar-refractivity contribution in [2.24, 2.45) is 0 Å². The number of hydrogen-bond acceptors (Lipinski definition) is 5. The molecule has 112 valence electrons. The summed E-state index contributed by atoms with van der Waals surface area (Å²) in [6.07, 6.45) is 2.95. The minimum absolute atomic E-state index is 0.106. The van der Waals surface area contributed by atoms with E-state index in [4.69, 9.17) is 16.3 Å². The molecule has 22 heavy (non-hydrogen) atoms. The second-order valence-corrected chi connectivity index (χ2v) is 4.91. The highest BCUT2D eigenvalue weighted by molar-refractivity contribution is 6.33. The number of anilines is 2. The number of rotatable bonds is 3. The van der Waals surface area contributed by atoms with Crippen LogP contribution in [-0.4, -0.2) is 22.2 Å². The lowest BCUT2D eigenvalue weighted by atomic mass is 10.1. The third kappa shape index (κ3) is 2.48. The summed E-state index contributed by atoms with van der Waals surface area (Å²) >= 11 is 6.01. The highest BCUT2D eigenvalue weighted by atomic mass is 35.5. The predicted octanol–water partition coefficient (Wildman–Crippen LogP) is 3.88. The molecule has 0 spiro atoms. The standard InChI is InChI=1S/C15H11ClFN3O2/c1-22-13-5-12-9(6-18-7-19-12)14(15(13)21)20-11-3-2-8(17)4-10(11)16/h2-7,20-21H,1H3. The van der Waals surface area contributed by atoms with Gasteiger partial charge in [0.05, 0.1) is 29.0 Å². The molecule has 7 heteroatoms. The minimum Gasteiger partial charge on any atom is -0.503 e. The zero-order valence-corrected chi connectivity index (χ0v) is 12.2. The summed E-state index contributed by atoms with van der Waals surface area (Å²) in [6.45, 7) is 0. The molecule has 0 saturated carbocycles. The molecule has 0 unspecified atom stereocenters. The normalized spacial score (nSPS) is 10.7. The third-order valence-corrected chi connectivity index (χ3v) is 3.47. The fourth-order valence-electron chi connectivity index (χ4n) is 2.10. The van der Waals surface area contributed by atoms with Crippen LogP contribution in [0.4, 0.5) is 15.8 Å². The number of hydrogen-bond donors (Lipinski definition) is 2. The first-order chi connectivity index (χ1) is 10.6. The van der Waals surface area contributed by atoms with E-state index in [9.17, 15) is 9.50 Å². The number of halogens is 2. The topological polar surface area (TPSA) is 67.3 Å². The van der Waals surface area contributed by atoms with Crippen LogP contribution in [0.25, 0.3) is 10.9 Å². The van der Waals surface area contributed by atoms with Crippen LogP contribution in [0.1, 0.15) is 0 Å². The van der Waals surface area contributed by atoms with Crippen molar-refractivity contribution < 1.29 is 14.2 Å². The molecule has 2 N–H and O–H groups in total. The Hall–Kier alpha value is -2.60. The zero-order chi connectivity index (χ0) is 15.7. The molecule has 0 radical (unpaired) electrons. The van der Waals surface area contributed by atoms with E-state index in [0.29, 0.717) is 22.3 Å². The highest BCUT2D eigenvalue weighted by Gasteiger charge is 2.15. The smallest absolute Gasteiger partial charge is 0.182 e. The van der Waals surface area contributed by atoms with E-state index in [1.54, 1.807) is 12.3 Å². The van der Waals surface area contributed by atoms with Gasteiger partial charge in [0.1, 0.15) is 12.1 Å². The average Bonchev–Trinajstić information content (AvgIpc) is 2.51. The van der Waals surface area contributed by atoms with Crippen molar-refractivity contribution in [3.05, 3.63) is 47.6 Å². The monoisotopic (exact) mass is 319 g/mol. The summed E-state index contributed by atoms with van der Waals surface area (Å²) in [5.41, 5.74) is 1.37. The van der Waals surface area contributed by atoms with E-state index in [1.807, 2.05) is 0 Å². The van der Waals surface area contributed by atoms with Gasteiger partial charge in [-0.3, -0.25) is 0 Å². The van der Waals surface area contributed by atoms with Crippen molar-refractivity contribution in [2.45, 2.75) is 0 Å². The van der Waals surface area contributed by atoms with Gasteiger partial charge in [-0.25, -0.2) is 14.4 Å². The van der Waals surface area contributed by atoms with Gasteiger partial charge in [0, 0.05) is 17.6 Å². The van der Waals surface area contributed by atoms with Crippen LogP contribution in [0.5, 0.6) is 11.5 Å². The maximum Gasteiger partial charge on any atom is 0.182 e. The first kappa shape index (κ1) is 14.3. The van der Waals surface area contributed by atoms with Gasteiger partial charge in [0.15, 0.2) is 11.5 Å². The molecule has 0 fully saturated rings. The van der Waals surface area contributed by atoms with E-state index in [0.717, 1.165) is 0 Å². The molecular weight excluding hydrogens is 309 g/mol. The molecule has 0 aliphatic heterocycles. The fraction of sp³-hybridized carbons (Fsp3) is 0.0667. The van der Waals surface area contributed by atoms with E-state index < -0.39 is 5.82 Å². The van der Waals surface area contributed by atoms with Crippen molar-refractivity contribution >= 4 is 33.9 Å². The predicted molar refractivity (Wildman–Crippen MR) is 82.4 cm³/mol. The summed E-state index contributed by atoms with van der Waals surface area (Å²) in [4.78, 5) is 8.09. The van der Waals surface area contributed by atoms with E-state index in [-0.39, 0.29) is 16.5 Å². The van der Waals surface area contributed by atoms with Crippen LogP contribution in [0.3, 0.4) is 0 Å². The number of ether oxygens (including phenoxy) is 1. The second-order valence-electron chi connectivity index (χ2n) is 4.51. The number of fused-ring (bicyclic) bond motifs is 1. The number of aromatic nitrogens is 2. The van der Waals surface area contributed by atoms with Gasteiger partial charge in [0.25, 0.3) is 0 Å². The summed E-state index contributed by atoms with van der Waals surface area (Å²) in [7, 11) is 1.44.